The number of hydrogen-bond acceptors (Lipinski definition) is 3. The molecule has 1 fully saturated rings. The Morgan fingerprint density at radius 1 is 1.56 bits per heavy atom. The third kappa shape index (κ3) is 3.81. The van der Waals surface area contributed by atoms with Gasteiger partial charge in [0.2, 0.25) is 5.91 Å². The highest BCUT2D eigenvalue weighted by Crippen LogP contribution is 2.18. The highest BCUT2D eigenvalue weighted by atomic mass is 16.5. The van der Waals surface area contributed by atoms with Crippen molar-refractivity contribution in [3.05, 3.63) is 0 Å². The predicted molar refractivity (Wildman–Crippen MR) is 57.9 cm³/mol. The zero-order valence-electron chi connectivity index (χ0n) is 9.73. The summed E-state index contributed by atoms with van der Waals surface area (Å²) >= 11 is 0. The predicted octanol–water partition coefficient (Wildman–Crippen LogP) is 0.638. The molecule has 0 spiro atoms. The van der Waals surface area contributed by atoms with Crippen LogP contribution in [0.15, 0.2) is 0 Å². The second-order valence-electron chi connectivity index (χ2n) is 4.40. The van der Waals surface area contributed by atoms with Crippen molar-refractivity contribution in [1.82, 2.24) is 5.32 Å². The molecule has 5 heteroatoms. The Morgan fingerprint density at radius 3 is 2.75 bits per heavy atom. The van der Waals surface area contributed by atoms with E-state index in [0.29, 0.717) is 19.6 Å². The topological polar surface area (TPSA) is 75.6 Å². The van der Waals surface area contributed by atoms with E-state index >= 15 is 0 Å². The zero-order chi connectivity index (χ0) is 12.1. The van der Waals surface area contributed by atoms with E-state index in [9.17, 15) is 9.59 Å². The molecule has 1 amide bonds. The number of hydrogen-bond donors (Lipinski definition) is 2. The van der Waals surface area contributed by atoms with Crippen molar-refractivity contribution in [2.75, 3.05) is 13.2 Å². The van der Waals surface area contributed by atoms with Gasteiger partial charge >= 0.3 is 5.97 Å². The lowest BCUT2D eigenvalue weighted by atomic mass is 10.0. The number of carboxylic acids is 1. The summed E-state index contributed by atoms with van der Waals surface area (Å²) in [6.45, 7) is 4.47. The van der Waals surface area contributed by atoms with Crippen LogP contribution in [0.3, 0.4) is 0 Å². The molecule has 2 N–H and O–H groups in total. The van der Waals surface area contributed by atoms with E-state index in [-0.39, 0.29) is 17.9 Å². The van der Waals surface area contributed by atoms with Crippen molar-refractivity contribution < 1.29 is 19.4 Å². The Labute approximate surface area is 95.2 Å². The molecule has 1 aliphatic heterocycles. The summed E-state index contributed by atoms with van der Waals surface area (Å²) in [6, 6.07) is 0. The van der Waals surface area contributed by atoms with Gasteiger partial charge in [0, 0.05) is 6.54 Å². The molecule has 1 rings (SSSR count). The first-order valence-electron chi connectivity index (χ1n) is 5.62. The van der Waals surface area contributed by atoms with Gasteiger partial charge in [0.15, 0.2) is 0 Å². The molecule has 1 saturated heterocycles. The van der Waals surface area contributed by atoms with Crippen molar-refractivity contribution in [3.8, 4) is 0 Å². The molecule has 1 heterocycles. The molecule has 0 aromatic rings. The maximum absolute atomic E-state index is 11.6. The largest absolute Gasteiger partial charge is 0.481 e. The molecular weight excluding hydrogens is 210 g/mol. The van der Waals surface area contributed by atoms with Gasteiger partial charge in [-0.3, -0.25) is 9.59 Å². The molecule has 3 atom stereocenters. The van der Waals surface area contributed by atoms with Gasteiger partial charge in [-0.25, -0.2) is 0 Å². The van der Waals surface area contributed by atoms with Gasteiger partial charge in [-0.2, -0.15) is 0 Å². The highest BCUT2D eigenvalue weighted by molar-refractivity contribution is 5.79. The van der Waals surface area contributed by atoms with Crippen LogP contribution in [-0.2, 0) is 14.3 Å². The van der Waals surface area contributed by atoms with E-state index in [0.717, 1.165) is 6.42 Å². The van der Waals surface area contributed by atoms with E-state index in [1.807, 2.05) is 6.92 Å². The van der Waals surface area contributed by atoms with Crippen molar-refractivity contribution in [2.45, 2.75) is 32.8 Å². The summed E-state index contributed by atoms with van der Waals surface area (Å²) in [4.78, 5) is 22.1. The fourth-order valence-electron chi connectivity index (χ4n) is 1.68. The van der Waals surface area contributed by atoms with Crippen molar-refractivity contribution in [3.63, 3.8) is 0 Å². The Balaban J connectivity index is 2.18. The molecule has 16 heavy (non-hydrogen) atoms. The van der Waals surface area contributed by atoms with Gasteiger partial charge in [0.05, 0.1) is 24.5 Å². The number of carbonyl (C=O) groups is 2. The van der Waals surface area contributed by atoms with Gasteiger partial charge in [0.1, 0.15) is 0 Å². The first-order valence-corrected chi connectivity index (χ1v) is 5.62. The summed E-state index contributed by atoms with van der Waals surface area (Å²) in [6.07, 6.45) is 1.36. The third-order valence-electron chi connectivity index (χ3n) is 2.87. The van der Waals surface area contributed by atoms with Crippen LogP contribution in [0.4, 0.5) is 0 Å². The average Bonchev–Trinajstić information content (AvgIpc) is 2.64. The van der Waals surface area contributed by atoms with Crippen LogP contribution < -0.4 is 5.32 Å². The quantitative estimate of drug-likeness (QED) is 0.725. The Morgan fingerprint density at radius 2 is 2.25 bits per heavy atom. The maximum atomic E-state index is 11.6. The molecule has 0 aliphatic carbocycles. The van der Waals surface area contributed by atoms with Crippen LogP contribution in [-0.4, -0.2) is 36.2 Å². The molecule has 5 nitrogen and oxygen atoms in total. The fraction of sp³-hybridized carbons (Fsp3) is 0.818. The van der Waals surface area contributed by atoms with Crippen molar-refractivity contribution >= 4 is 11.9 Å². The van der Waals surface area contributed by atoms with Crippen molar-refractivity contribution in [2.24, 2.45) is 11.8 Å². The summed E-state index contributed by atoms with van der Waals surface area (Å²) in [5, 5.41) is 11.4. The van der Waals surface area contributed by atoms with E-state index < -0.39 is 11.9 Å². The smallest absolute Gasteiger partial charge is 0.306 e. The third-order valence-corrected chi connectivity index (χ3v) is 2.87. The maximum Gasteiger partial charge on any atom is 0.306 e. The second-order valence-corrected chi connectivity index (χ2v) is 4.40. The monoisotopic (exact) mass is 229 g/mol. The minimum absolute atomic E-state index is 0.0260. The van der Waals surface area contributed by atoms with Gasteiger partial charge in [-0.05, 0) is 19.8 Å². The van der Waals surface area contributed by atoms with Crippen LogP contribution in [0.25, 0.3) is 0 Å². The standard InChI is InChI=1S/C11H19NO4/c1-7(11(14)15)3-4-12-10(13)9-5-8(2)16-6-9/h7-9H,3-6H2,1-2H3,(H,12,13)(H,14,15). The van der Waals surface area contributed by atoms with Crippen LogP contribution in [0.5, 0.6) is 0 Å². The van der Waals surface area contributed by atoms with Gasteiger partial charge in [-0.1, -0.05) is 6.92 Å². The minimum atomic E-state index is -0.827. The number of rotatable bonds is 5. The van der Waals surface area contributed by atoms with Crippen LogP contribution in [0.1, 0.15) is 26.7 Å². The first kappa shape index (κ1) is 13.0. The van der Waals surface area contributed by atoms with Crippen LogP contribution in [0.2, 0.25) is 0 Å². The minimum Gasteiger partial charge on any atom is -0.481 e. The summed E-state index contributed by atoms with van der Waals surface area (Å²) in [5.41, 5.74) is 0. The van der Waals surface area contributed by atoms with Gasteiger partial charge in [-0.15, -0.1) is 0 Å². The van der Waals surface area contributed by atoms with E-state index in [2.05, 4.69) is 5.32 Å². The lowest BCUT2D eigenvalue weighted by molar-refractivity contribution is -0.141. The Bertz CT molecular complexity index is 267. The number of nitrogens with one attached hydrogen (secondary N) is 1. The molecule has 3 unspecified atom stereocenters. The molecule has 0 bridgehead atoms. The zero-order valence-corrected chi connectivity index (χ0v) is 9.73. The normalized spacial score (nSPS) is 26.4. The highest BCUT2D eigenvalue weighted by Gasteiger charge is 2.27. The lowest BCUT2D eigenvalue weighted by Crippen LogP contribution is -2.33. The Hall–Kier alpha value is -1.10. The number of aliphatic carboxylic acids is 1. The lowest BCUT2D eigenvalue weighted by Gasteiger charge is -2.10. The number of amides is 1. The first-order chi connectivity index (χ1) is 7.50. The molecule has 0 saturated carbocycles. The Kier molecular flexibility index (Phi) is 4.73. The van der Waals surface area contributed by atoms with E-state index in [1.54, 1.807) is 6.92 Å². The molecule has 0 radical (unpaired) electrons. The average molecular weight is 229 g/mol. The van der Waals surface area contributed by atoms with Crippen LogP contribution >= 0.6 is 0 Å². The molecule has 92 valence electrons. The van der Waals surface area contributed by atoms with E-state index in [1.165, 1.54) is 0 Å². The summed E-state index contributed by atoms with van der Waals surface area (Å²) in [5.74, 6) is -1.34. The molecule has 0 aromatic heterocycles. The second kappa shape index (κ2) is 5.84. The van der Waals surface area contributed by atoms with Crippen molar-refractivity contribution in [1.29, 1.82) is 0 Å². The van der Waals surface area contributed by atoms with Crippen LogP contribution in [0, 0.1) is 11.8 Å². The van der Waals surface area contributed by atoms with Gasteiger partial charge in [0.25, 0.3) is 0 Å². The number of ether oxygens (including phenoxy) is 1. The fourth-order valence-corrected chi connectivity index (χ4v) is 1.68. The van der Waals surface area contributed by atoms with E-state index in [4.69, 9.17) is 9.84 Å². The summed E-state index contributed by atoms with van der Waals surface area (Å²) in [7, 11) is 0. The molecular formula is C11H19NO4. The number of carbonyl (C=O) groups excluding carboxylic acids is 1. The SMILES string of the molecule is CC1CC(C(=O)NCCC(C)C(=O)O)CO1. The molecule has 0 aromatic carbocycles. The molecule has 1 aliphatic rings. The van der Waals surface area contributed by atoms with Gasteiger partial charge < -0.3 is 15.2 Å². The number of carboxylic acid groups (broad SMARTS) is 1. The summed E-state index contributed by atoms with van der Waals surface area (Å²) < 4.78 is 5.30.